The summed E-state index contributed by atoms with van der Waals surface area (Å²) in [5, 5.41) is 11.9. The average molecular weight is 444 g/mol. The molecule has 0 saturated heterocycles. The van der Waals surface area contributed by atoms with Crippen molar-refractivity contribution in [3.8, 4) is 5.75 Å². The number of carbonyl (C=O) groups is 1. The minimum Gasteiger partial charge on any atom is -0.426 e. The van der Waals surface area contributed by atoms with E-state index in [4.69, 9.17) is 4.74 Å². The molecule has 2 aromatic carbocycles. The molecular formula is C26H34ClNO3. The number of carbonyl (C=O) groups excluding carboxylic acids is 1. The van der Waals surface area contributed by atoms with Crippen molar-refractivity contribution >= 4 is 18.4 Å². The van der Waals surface area contributed by atoms with E-state index in [1.165, 1.54) is 19.3 Å². The van der Waals surface area contributed by atoms with E-state index >= 15 is 0 Å². The molecule has 168 valence electrons. The molecule has 2 aliphatic rings. The van der Waals surface area contributed by atoms with Crippen LogP contribution in [0.5, 0.6) is 5.75 Å². The molecule has 0 spiro atoms. The number of aliphatic hydroxyl groups is 1. The van der Waals surface area contributed by atoms with Crippen LogP contribution in [0, 0.1) is 17.8 Å². The van der Waals surface area contributed by atoms with Crippen LogP contribution in [0.4, 0.5) is 0 Å². The van der Waals surface area contributed by atoms with Gasteiger partial charge in [-0.15, -0.1) is 12.4 Å². The maximum Gasteiger partial charge on any atom is 0.318 e. The van der Waals surface area contributed by atoms with Gasteiger partial charge in [0.05, 0.1) is 11.5 Å². The van der Waals surface area contributed by atoms with E-state index in [0.717, 1.165) is 24.1 Å². The van der Waals surface area contributed by atoms with Crippen molar-refractivity contribution in [2.24, 2.45) is 17.8 Å². The summed E-state index contributed by atoms with van der Waals surface area (Å²) in [5.74, 6) is 1.22. The lowest BCUT2D eigenvalue weighted by molar-refractivity contribution is -0.135. The molecule has 0 amide bonds. The first-order valence-corrected chi connectivity index (χ1v) is 11.1. The number of ether oxygens (including phenoxy) is 1. The number of fused-ring (bicyclic) bond motifs is 2. The van der Waals surface area contributed by atoms with Crippen LogP contribution in [0.25, 0.3) is 0 Å². The summed E-state index contributed by atoms with van der Waals surface area (Å²) in [5.41, 5.74) is 0.942. The molecule has 31 heavy (non-hydrogen) atoms. The van der Waals surface area contributed by atoms with Crippen molar-refractivity contribution in [2.45, 2.75) is 44.1 Å². The second kappa shape index (κ2) is 9.72. The normalized spacial score (nSPS) is 28.1. The van der Waals surface area contributed by atoms with Gasteiger partial charge in [0.2, 0.25) is 0 Å². The molecule has 2 bridgehead atoms. The highest BCUT2D eigenvalue weighted by Gasteiger charge is 2.51. The number of hydrogen-bond donors (Lipinski definition) is 1. The van der Waals surface area contributed by atoms with E-state index < -0.39 is 5.60 Å². The zero-order chi connectivity index (χ0) is 21.3. The lowest BCUT2D eigenvalue weighted by atomic mass is 9.66. The molecule has 2 aromatic rings. The Morgan fingerprint density at radius 3 is 2.61 bits per heavy atom. The van der Waals surface area contributed by atoms with Gasteiger partial charge in [-0.3, -0.25) is 4.79 Å². The SMILES string of the molecule is C[C@H](C(=O)Oc1cccc([C@@]2(O)C[C@@H]3CC[C@@H](C3)[C@@H]2CN(C)C)c1)c1ccccc1.Cl. The molecular weight excluding hydrogens is 410 g/mol. The smallest absolute Gasteiger partial charge is 0.318 e. The summed E-state index contributed by atoms with van der Waals surface area (Å²) in [7, 11) is 4.15. The fourth-order valence-electron chi connectivity index (χ4n) is 5.58. The molecule has 0 unspecified atom stereocenters. The summed E-state index contributed by atoms with van der Waals surface area (Å²) in [4.78, 5) is 14.9. The van der Waals surface area contributed by atoms with Crippen LogP contribution in [0.1, 0.15) is 49.7 Å². The molecule has 4 rings (SSSR count). The molecule has 1 N–H and O–H groups in total. The van der Waals surface area contributed by atoms with Crippen molar-refractivity contribution < 1.29 is 14.6 Å². The summed E-state index contributed by atoms with van der Waals surface area (Å²) in [6.45, 7) is 2.73. The van der Waals surface area contributed by atoms with Gasteiger partial charge in [-0.05, 0) is 75.4 Å². The van der Waals surface area contributed by atoms with Gasteiger partial charge in [-0.1, -0.05) is 48.9 Å². The van der Waals surface area contributed by atoms with Gasteiger partial charge in [0.25, 0.3) is 0 Å². The summed E-state index contributed by atoms with van der Waals surface area (Å²) in [6, 6.07) is 17.2. The highest BCUT2D eigenvalue weighted by molar-refractivity contribution is 5.85. The minimum atomic E-state index is -0.873. The Morgan fingerprint density at radius 2 is 1.90 bits per heavy atom. The van der Waals surface area contributed by atoms with Crippen molar-refractivity contribution in [3.05, 3.63) is 65.7 Å². The molecule has 2 saturated carbocycles. The van der Waals surface area contributed by atoms with E-state index in [1.54, 1.807) is 6.07 Å². The second-order valence-electron chi connectivity index (χ2n) is 9.52. The summed E-state index contributed by atoms with van der Waals surface area (Å²) < 4.78 is 5.73. The maximum atomic E-state index is 12.7. The van der Waals surface area contributed by atoms with Gasteiger partial charge in [-0.2, -0.15) is 0 Å². The lowest BCUT2D eigenvalue weighted by Gasteiger charge is -2.45. The Labute approximate surface area is 192 Å². The number of hydrogen-bond acceptors (Lipinski definition) is 4. The van der Waals surface area contributed by atoms with Gasteiger partial charge in [-0.25, -0.2) is 0 Å². The third-order valence-electron chi connectivity index (χ3n) is 7.13. The van der Waals surface area contributed by atoms with Crippen LogP contribution in [0.15, 0.2) is 54.6 Å². The zero-order valence-corrected chi connectivity index (χ0v) is 19.5. The van der Waals surface area contributed by atoms with Crippen LogP contribution < -0.4 is 4.74 Å². The van der Waals surface area contributed by atoms with E-state index in [9.17, 15) is 9.90 Å². The van der Waals surface area contributed by atoms with Gasteiger partial charge in [0.15, 0.2) is 0 Å². The van der Waals surface area contributed by atoms with Gasteiger partial charge < -0.3 is 14.7 Å². The number of rotatable bonds is 6. The van der Waals surface area contributed by atoms with E-state index in [2.05, 4.69) is 19.0 Å². The van der Waals surface area contributed by atoms with E-state index in [0.29, 0.717) is 17.6 Å². The van der Waals surface area contributed by atoms with Gasteiger partial charge in [0, 0.05) is 12.5 Å². The standard InChI is InChI=1S/C26H33NO3.ClH/c1-18(20-8-5-4-6-9-20)25(28)30-23-11-7-10-22(15-23)26(29)16-19-12-13-21(14-19)24(26)17-27(2)3;/h4-11,15,18-19,21,24,29H,12-14,16-17H2,1-3H3;1H/t18-,19+,21-,24-,26-;/m0./s1. The first-order valence-electron chi connectivity index (χ1n) is 11.1. The van der Waals surface area contributed by atoms with Gasteiger partial charge in [0.1, 0.15) is 5.75 Å². The molecule has 5 atom stereocenters. The average Bonchev–Trinajstić information content (AvgIpc) is 3.14. The fourth-order valence-corrected chi connectivity index (χ4v) is 5.58. The molecule has 2 aliphatic carbocycles. The third-order valence-corrected chi connectivity index (χ3v) is 7.13. The van der Waals surface area contributed by atoms with Crippen molar-refractivity contribution in [1.82, 2.24) is 4.90 Å². The molecule has 0 aliphatic heterocycles. The highest BCUT2D eigenvalue weighted by Crippen LogP contribution is 2.54. The third kappa shape index (κ3) is 4.97. The quantitative estimate of drug-likeness (QED) is 0.504. The van der Waals surface area contributed by atoms with Crippen molar-refractivity contribution in [2.75, 3.05) is 20.6 Å². The molecule has 0 heterocycles. The Balaban J connectivity index is 0.00000272. The second-order valence-corrected chi connectivity index (χ2v) is 9.52. The Hall–Kier alpha value is -1.88. The van der Waals surface area contributed by atoms with E-state index in [-0.39, 0.29) is 30.2 Å². The topological polar surface area (TPSA) is 49.8 Å². The predicted molar refractivity (Wildman–Crippen MR) is 126 cm³/mol. The number of nitrogens with zero attached hydrogens (tertiary/aromatic N) is 1. The maximum absolute atomic E-state index is 12.7. The van der Waals surface area contributed by atoms with Gasteiger partial charge >= 0.3 is 5.97 Å². The molecule has 0 aromatic heterocycles. The Kier molecular flexibility index (Phi) is 7.46. The molecule has 2 fully saturated rings. The lowest BCUT2D eigenvalue weighted by Crippen LogP contribution is -2.47. The first kappa shape index (κ1) is 23.8. The summed E-state index contributed by atoms with van der Waals surface area (Å²) >= 11 is 0. The summed E-state index contributed by atoms with van der Waals surface area (Å²) in [6.07, 6.45) is 4.43. The fraction of sp³-hybridized carbons (Fsp3) is 0.500. The number of halogens is 1. The van der Waals surface area contributed by atoms with Crippen LogP contribution in [0.3, 0.4) is 0 Å². The monoisotopic (exact) mass is 443 g/mol. The van der Waals surface area contributed by atoms with Crippen molar-refractivity contribution in [1.29, 1.82) is 0 Å². The Bertz CT molecular complexity index is 887. The van der Waals surface area contributed by atoms with E-state index in [1.807, 2.05) is 55.5 Å². The minimum absolute atomic E-state index is 0. The Morgan fingerprint density at radius 1 is 1.16 bits per heavy atom. The highest BCUT2D eigenvalue weighted by atomic mass is 35.5. The molecule has 5 heteroatoms. The van der Waals surface area contributed by atoms with Crippen molar-refractivity contribution in [3.63, 3.8) is 0 Å². The first-order chi connectivity index (χ1) is 14.4. The molecule has 0 radical (unpaired) electrons. The van der Waals surface area contributed by atoms with Crippen LogP contribution >= 0.6 is 12.4 Å². The predicted octanol–water partition coefficient (Wildman–Crippen LogP) is 5.00. The van der Waals surface area contributed by atoms with Crippen LogP contribution in [-0.4, -0.2) is 36.6 Å². The van der Waals surface area contributed by atoms with Crippen LogP contribution in [-0.2, 0) is 10.4 Å². The number of benzene rings is 2. The number of esters is 1. The zero-order valence-electron chi connectivity index (χ0n) is 18.7. The molecule has 4 nitrogen and oxygen atoms in total. The van der Waals surface area contributed by atoms with Crippen LogP contribution in [0.2, 0.25) is 0 Å². The largest absolute Gasteiger partial charge is 0.426 e.